The largest absolute Gasteiger partial charge is 0.441 e. The number of unbranched alkanes of at least 4 members (excludes halogenated alkanes) is 2. The van der Waals surface area contributed by atoms with Crippen molar-refractivity contribution in [3.05, 3.63) is 41.3 Å². The number of rotatable bonds is 12. The van der Waals surface area contributed by atoms with Gasteiger partial charge in [-0.1, -0.05) is 32.3 Å². The minimum absolute atomic E-state index is 0.0735. The molecule has 168 valence electrons. The molecular formula is C22H30N4O5. The number of oxazole rings is 1. The van der Waals surface area contributed by atoms with Crippen LogP contribution in [0.5, 0.6) is 0 Å². The Morgan fingerprint density at radius 2 is 2.03 bits per heavy atom. The Morgan fingerprint density at radius 3 is 2.68 bits per heavy atom. The highest BCUT2D eigenvalue weighted by atomic mass is 16.5. The van der Waals surface area contributed by atoms with E-state index in [0.29, 0.717) is 28.5 Å². The van der Waals surface area contributed by atoms with Crippen LogP contribution in [0.25, 0.3) is 11.5 Å². The number of aryl methyl sites for hydroxylation is 2. The minimum atomic E-state index is -0.557. The van der Waals surface area contributed by atoms with E-state index in [2.05, 4.69) is 15.6 Å². The Labute approximate surface area is 181 Å². The second kappa shape index (κ2) is 11.8. The van der Waals surface area contributed by atoms with Crippen LogP contribution in [0.4, 0.5) is 0 Å². The van der Waals surface area contributed by atoms with Crippen molar-refractivity contribution in [2.24, 2.45) is 5.92 Å². The summed E-state index contributed by atoms with van der Waals surface area (Å²) in [5, 5.41) is 15.2. The summed E-state index contributed by atoms with van der Waals surface area (Å²) >= 11 is 0. The average Bonchev–Trinajstić information content (AvgIpc) is 3.11. The Kier molecular flexibility index (Phi) is 9.20. The second-order valence-corrected chi connectivity index (χ2v) is 7.39. The molecule has 1 heterocycles. The van der Waals surface area contributed by atoms with E-state index in [1.807, 2.05) is 20.8 Å². The molecule has 0 fully saturated rings. The van der Waals surface area contributed by atoms with Crippen LogP contribution >= 0.6 is 0 Å². The van der Waals surface area contributed by atoms with E-state index in [-0.39, 0.29) is 31.4 Å². The van der Waals surface area contributed by atoms with Crippen molar-refractivity contribution in [3.8, 4) is 11.5 Å². The first-order valence-corrected chi connectivity index (χ1v) is 10.4. The zero-order valence-corrected chi connectivity index (χ0v) is 18.2. The average molecular weight is 431 g/mol. The summed E-state index contributed by atoms with van der Waals surface area (Å²) in [5.74, 6) is -0.0923. The lowest BCUT2D eigenvalue weighted by molar-refractivity contribution is -0.154. The van der Waals surface area contributed by atoms with Crippen LogP contribution in [0.1, 0.15) is 54.4 Å². The third kappa shape index (κ3) is 7.21. The monoisotopic (exact) mass is 430 g/mol. The first-order chi connectivity index (χ1) is 14.8. The maximum atomic E-state index is 12.5. The molecule has 3 N–H and O–H groups in total. The fraction of sp³-hybridized carbons (Fsp3) is 0.455. The van der Waals surface area contributed by atoms with Gasteiger partial charge in [0.25, 0.3) is 5.91 Å². The molecule has 31 heavy (non-hydrogen) atoms. The van der Waals surface area contributed by atoms with Gasteiger partial charge in [0.1, 0.15) is 5.76 Å². The number of nitrogens with one attached hydrogen (secondary N) is 2. The van der Waals surface area contributed by atoms with Crippen LogP contribution in [-0.4, -0.2) is 46.7 Å². The van der Waals surface area contributed by atoms with E-state index in [4.69, 9.17) is 4.42 Å². The predicted octanol–water partition coefficient (Wildman–Crippen LogP) is 2.81. The summed E-state index contributed by atoms with van der Waals surface area (Å²) in [4.78, 5) is 39.9. The van der Waals surface area contributed by atoms with Crippen molar-refractivity contribution in [1.29, 1.82) is 0 Å². The third-order valence-corrected chi connectivity index (χ3v) is 4.97. The highest BCUT2D eigenvalue weighted by Gasteiger charge is 2.20. The smallest absolute Gasteiger partial charge is 0.252 e. The third-order valence-electron chi connectivity index (χ3n) is 4.97. The standard InChI is InChI=1S/C22H30N4O5/c1-4-5-6-8-19(12-26(30)14-27)21(29)24-13-23-20(28)17-9-7-10-18(11-17)22-25-15(2)16(3)31-22/h7,9-11,14,19,30H,4-6,8,12-13H2,1-3H3,(H,23,28)(H,24,29)/t19-/m1/s1. The zero-order valence-electron chi connectivity index (χ0n) is 18.2. The molecule has 0 saturated heterocycles. The molecule has 2 rings (SSSR count). The Morgan fingerprint density at radius 1 is 1.26 bits per heavy atom. The summed E-state index contributed by atoms with van der Waals surface area (Å²) in [6.45, 7) is 5.56. The lowest BCUT2D eigenvalue weighted by atomic mass is 10.0. The van der Waals surface area contributed by atoms with Crippen molar-refractivity contribution in [2.45, 2.75) is 46.5 Å². The maximum absolute atomic E-state index is 12.5. The van der Waals surface area contributed by atoms with Gasteiger partial charge in [0.15, 0.2) is 0 Å². The zero-order chi connectivity index (χ0) is 22.8. The van der Waals surface area contributed by atoms with Gasteiger partial charge >= 0.3 is 0 Å². The fourth-order valence-corrected chi connectivity index (χ4v) is 3.06. The van der Waals surface area contributed by atoms with Gasteiger partial charge in [-0.05, 0) is 38.5 Å². The van der Waals surface area contributed by atoms with E-state index in [9.17, 15) is 19.6 Å². The molecule has 0 aliphatic carbocycles. The van der Waals surface area contributed by atoms with Crippen molar-refractivity contribution in [3.63, 3.8) is 0 Å². The molecule has 0 unspecified atom stereocenters. The van der Waals surface area contributed by atoms with Gasteiger partial charge in [0.05, 0.1) is 24.8 Å². The first-order valence-electron chi connectivity index (χ1n) is 10.4. The number of aromatic nitrogens is 1. The van der Waals surface area contributed by atoms with Gasteiger partial charge in [0, 0.05) is 11.1 Å². The van der Waals surface area contributed by atoms with Crippen molar-refractivity contribution >= 4 is 18.2 Å². The molecule has 0 radical (unpaired) electrons. The van der Waals surface area contributed by atoms with E-state index in [0.717, 1.165) is 30.7 Å². The molecule has 9 heteroatoms. The number of amides is 3. The molecule has 1 aromatic heterocycles. The van der Waals surface area contributed by atoms with Crippen LogP contribution in [0, 0.1) is 19.8 Å². The summed E-state index contributed by atoms with van der Waals surface area (Å²) < 4.78 is 5.61. The van der Waals surface area contributed by atoms with E-state index >= 15 is 0 Å². The topological polar surface area (TPSA) is 125 Å². The molecule has 9 nitrogen and oxygen atoms in total. The number of hydrogen-bond donors (Lipinski definition) is 3. The Hall–Kier alpha value is -3.20. The van der Waals surface area contributed by atoms with Crippen molar-refractivity contribution in [2.75, 3.05) is 13.2 Å². The summed E-state index contributed by atoms with van der Waals surface area (Å²) in [7, 11) is 0. The van der Waals surface area contributed by atoms with Crippen LogP contribution < -0.4 is 10.6 Å². The second-order valence-electron chi connectivity index (χ2n) is 7.39. The number of benzene rings is 1. The number of carbonyl (C=O) groups is 3. The minimum Gasteiger partial charge on any atom is -0.441 e. The molecule has 0 aliphatic rings. The normalized spacial score (nSPS) is 11.6. The van der Waals surface area contributed by atoms with E-state index in [1.54, 1.807) is 24.3 Å². The van der Waals surface area contributed by atoms with Gasteiger partial charge in [-0.3, -0.25) is 19.6 Å². The SMILES string of the molecule is CCCCC[C@H](CN(O)C=O)C(=O)NCNC(=O)c1cccc(-c2nc(C)c(C)o2)c1. The van der Waals surface area contributed by atoms with E-state index in [1.165, 1.54) is 0 Å². The molecule has 1 atom stereocenters. The first kappa shape index (κ1) is 24.1. The predicted molar refractivity (Wildman–Crippen MR) is 114 cm³/mol. The van der Waals surface area contributed by atoms with E-state index < -0.39 is 5.92 Å². The molecule has 0 spiro atoms. The molecular weight excluding hydrogens is 400 g/mol. The summed E-state index contributed by atoms with van der Waals surface area (Å²) in [6.07, 6.45) is 3.56. The van der Waals surface area contributed by atoms with Crippen LogP contribution in [-0.2, 0) is 9.59 Å². The van der Waals surface area contributed by atoms with Crippen LogP contribution in [0.3, 0.4) is 0 Å². The lowest BCUT2D eigenvalue weighted by Gasteiger charge is -2.19. The van der Waals surface area contributed by atoms with Gasteiger partial charge in [-0.25, -0.2) is 10.0 Å². The van der Waals surface area contributed by atoms with Gasteiger partial charge < -0.3 is 15.1 Å². The highest BCUT2D eigenvalue weighted by Crippen LogP contribution is 2.22. The van der Waals surface area contributed by atoms with Crippen molar-refractivity contribution in [1.82, 2.24) is 20.7 Å². The molecule has 1 aromatic carbocycles. The molecule has 2 aromatic rings. The Bertz CT molecular complexity index is 876. The maximum Gasteiger partial charge on any atom is 0.252 e. The number of carbonyl (C=O) groups excluding carboxylic acids is 3. The molecule has 3 amide bonds. The highest BCUT2D eigenvalue weighted by molar-refractivity contribution is 5.95. The fourth-order valence-electron chi connectivity index (χ4n) is 3.06. The van der Waals surface area contributed by atoms with Gasteiger partial charge in [-0.2, -0.15) is 0 Å². The Balaban J connectivity index is 1.93. The van der Waals surface area contributed by atoms with Gasteiger partial charge in [-0.15, -0.1) is 0 Å². The number of hydrogen-bond acceptors (Lipinski definition) is 6. The van der Waals surface area contributed by atoms with Crippen LogP contribution in [0.2, 0.25) is 0 Å². The quantitative estimate of drug-likeness (QED) is 0.156. The molecule has 0 saturated carbocycles. The number of hydroxylamine groups is 2. The number of nitrogens with zero attached hydrogens (tertiary/aromatic N) is 2. The molecule has 0 aliphatic heterocycles. The summed E-state index contributed by atoms with van der Waals surface area (Å²) in [6, 6.07) is 6.86. The van der Waals surface area contributed by atoms with Crippen LogP contribution in [0.15, 0.2) is 28.7 Å². The van der Waals surface area contributed by atoms with Gasteiger partial charge in [0.2, 0.25) is 18.2 Å². The summed E-state index contributed by atoms with van der Waals surface area (Å²) in [5.41, 5.74) is 1.88. The lowest BCUT2D eigenvalue weighted by Crippen LogP contribution is -2.43. The van der Waals surface area contributed by atoms with Crippen molar-refractivity contribution < 1.29 is 24.0 Å². The molecule has 0 bridgehead atoms.